The van der Waals surface area contributed by atoms with Crippen molar-refractivity contribution in [2.24, 2.45) is 12.9 Å². The summed E-state index contributed by atoms with van der Waals surface area (Å²) in [6.07, 6.45) is 1.81. The highest BCUT2D eigenvalue weighted by Crippen LogP contribution is 2.27. The Bertz CT molecular complexity index is 567. The van der Waals surface area contributed by atoms with Crippen molar-refractivity contribution in [2.45, 2.75) is 13.0 Å². The third-order valence-electron chi connectivity index (χ3n) is 2.80. The van der Waals surface area contributed by atoms with Crippen molar-refractivity contribution in [3.05, 3.63) is 52.1 Å². The molecule has 2 rings (SSSR count). The van der Waals surface area contributed by atoms with Crippen LogP contribution in [-0.4, -0.2) is 9.78 Å². The van der Waals surface area contributed by atoms with Crippen molar-refractivity contribution in [3.8, 4) is 0 Å². The van der Waals surface area contributed by atoms with Crippen molar-refractivity contribution in [3.63, 3.8) is 0 Å². The summed E-state index contributed by atoms with van der Waals surface area (Å²) in [5, 5.41) is 4.58. The highest BCUT2D eigenvalue weighted by molar-refractivity contribution is 6.30. The predicted octanol–water partition coefficient (Wildman–Crippen LogP) is 2.07. The maximum atomic E-state index is 13.9. The van der Waals surface area contributed by atoms with Gasteiger partial charge in [-0.15, -0.1) is 0 Å². The number of benzene rings is 1. The Kier molecular flexibility index (Phi) is 3.65. The summed E-state index contributed by atoms with van der Waals surface area (Å²) >= 11 is 5.74. The smallest absolute Gasteiger partial charge is 0.129 e. The van der Waals surface area contributed by atoms with E-state index >= 15 is 0 Å². The molecule has 0 fully saturated rings. The van der Waals surface area contributed by atoms with E-state index in [4.69, 9.17) is 17.4 Å². The number of halogens is 2. The Morgan fingerprint density at radius 2 is 2.17 bits per heavy atom. The summed E-state index contributed by atoms with van der Waals surface area (Å²) in [7, 11) is 1.81. The van der Waals surface area contributed by atoms with Gasteiger partial charge in [0.1, 0.15) is 5.82 Å². The third kappa shape index (κ3) is 2.38. The summed E-state index contributed by atoms with van der Waals surface area (Å²) in [5.74, 6) is 5.14. The van der Waals surface area contributed by atoms with Gasteiger partial charge in [0.25, 0.3) is 0 Å². The van der Waals surface area contributed by atoms with Gasteiger partial charge in [0.15, 0.2) is 0 Å². The van der Waals surface area contributed by atoms with Crippen LogP contribution in [0.25, 0.3) is 0 Å². The first kappa shape index (κ1) is 13.0. The van der Waals surface area contributed by atoms with Crippen LogP contribution >= 0.6 is 11.6 Å². The Balaban J connectivity index is 2.48. The zero-order valence-corrected chi connectivity index (χ0v) is 10.9. The van der Waals surface area contributed by atoms with Crippen LogP contribution < -0.4 is 11.3 Å². The van der Waals surface area contributed by atoms with Crippen LogP contribution in [0.3, 0.4) is 0 Å². The molecule has 1 atom stereocenters. The molecule has 2 aromatic rings. The number of aromatic nitrogens is 2. The molecule has 0 saturated carbocycles. The first-order valence-electron chi connectivity index (χ1n) is 5.44. The molecule has 1 aromatic carbocycles. The van der Waals surface area contributed by atoms with E-state index in [-0.39, 0.29) is 0 Å². The van der Waals surface area contributed by atoms with E-state index in [0.717, 1.165) is 11.3 Å². The fourth-order valence-electron chi connectivity index (χ4n) is 1.98. The highest BCUT2D eigenvalue weighted by Gasteiger charge is 2.20. The molecule has 1 heterocycles. The van der Waals surface area contributed by atoms with Crippen LogP contribution in [0.1, 0.15) is 22.9 Å². The number of nitrogens with zero attached hydrogens (tertiary/aromatic N) is 2. The molecule has 6 heteroatoms. The van der Waals surface area contributed by atoms with Crippen LogP contribution in [0, 0.1) is 12.7 Å². The molecule has 0 spiro atoms. The molecule has 4 nitrogen and oxygen atoms in total. The maximum absolute atomic E-state index is 13.9. The van der Waals surface area contributed by atoms with E-state index in [1.54, 1.807) is 16.8 Å². The molecule has 1 aromatic heterocycles. The second-order valence-electron chi connectivity index (χ2n) is 4.11. The summed E-state index contributed by atoms with van der Waals surface area (Å²) in [4.78, 5) is 0. The van der Waals surface area contributed by atoms with Crippen LogP contribution in [0.5, 0.6) is 0 Å². The number of nitrogens with one attached hydrogen (secondary N) is 1. The molecule has 0 radical (unpaired) electrons. The van der Waals surface area contributed by atoms with Crippen molar-refractivity contribution >= 4 is 11.6 Å². The van der Waals surface area contributed by atoms with Gasteiger partial charge in [0.2, 0.25) is 0 Å². The molecule has 96 valence electrons. The molecule has 0 aliphatic carbocycles. The molecule has 18 heavy (non-hydrogen) atoms. The molecule has 0 saturated heterocycles. The number of aryl methyl sites for hydroxylation is 2. The van der Waals surface area contributed by atoms with Gasteiger partial charge in [0.05, 0.1) is 11.7 Å². The Morgan fingerprint density at radius 1 is 1.44 bits per heavy atom. The SMILES string of the molecule is Cc1nn(C)cc1C(NN)c1ccc(Cl)cc1F. The first-order valence-corrected chi connectivity index (χ1v) is 5.82. The van der Waals surface area contributed by atoms with E-state index in [0.29, 0.717) is 10.6 Å². The Hall–Kier alpha value is -1.43. The van der Waals surface area contributed by atoms with E-state index in [1.807, 2.05) is 20.2 Å². The minimum absolute atomic E-state index is 0.356. The Labute approximate surface area is 110 Å². The second-order valence-corrected chi connectivity index (χ2v) is 4.55. The summed E-state index contributed by atoms with van der Waals surface area (Å²) in [5.41, 5.74) is 4.69. The minimum Gasteiger partial charge on any atom is -0.275 e. The zero-order valence-electron chi connectivity index (χ0n) is 10.1. The normalized spacial score (nSPS) is 12.7. The lowest BCUT2D eigenvalue weighted by Crippen LogP contribution is -2.29. The molecule has 1 unspecified atom stereocenters. The zero-order chi connectivity index (χ0) is 13.3. The second kappa shape index (κ2) is 5.06. The fraction of sp³-hybridized carbons (Fsp3) is 0.250. The number of rotatable bonds is 3. The summed E-state index contributed by atoms with van der Waals surface area (Å²) in [6.45, 7) is 1.85. The predicted molar refractivity (Wildman–Crippen MR) is 68.5 cm³/mol. The van der Waals surface area contributed by atoms with Gasteiger partial charge >= 0.3 is 0 Å². The van der Waals surface area contributed by atoms with Crippen LogP contribution in [0.2, 0.25) is 5.02 Å². The summed E-state index contributed by atoms with van der Waals surface area (Å²) < 4.78 is 15.6. The monoisotopic (exact) mass is 268 g/mol. The maximum Gasteiger partial charge on any atom is 0.129 e. The van der Waals surface area contributed by atoms with Gasteiger partial charge in [-0.3, -0.25) is 10.5 Å². The van der Waals surface area contributed by atoms with Crippen LogP contribution in [0.15, 0.2) is 24.4 Å². The Morgan fingerprint density at radius 3 is 2.67 bits per heavy atom. The van der Waals surface area contributed by atoms with E-state index in [9.17, 15) is 4.39 Å². The topological polar surface area (TPSA) is 55.9 Å². The lowest BCUT2D eigenvalue weighted by atomic mass is 9.99. The van der Waals surface area contributed by atoms with Crippen molar-refractivity contribution in [2.75, 3.05) is 0 Å². The molecular formula is C12H14ClFN4. The van der Waals surface area contributed by atoms with E-state index in [2.05, 4.69) is 10.5 Å². The van der Waals surface area contributed by atoms with Gasteiger partial charge in [-0.05, 0) is 19.1 Å². The van der Waals surface area contributed by atoms with Crippen molar-refractivity contribution in [1.82, 2.24) is 15.2 Å². The van der Waals surface area contributed by atoms with Gasteiger partial charge in [0, 0.05) is 29.4 Å². The van der Waals surface area contributed by atoms with Gasteiger partial charge in [-0.2, -0.15) is 5.10 Å². The third-order valence-corrected chi connectivity index (χ3v) is 3.04. The van der Waals surface area contributed by atoms with Crippen LogP contribution in [0.4, 0.5) is 4.39 Å². The molecule has 3 N–H and O–H groups in total. The van der Waals surface area contributed by atoms with E-state index < -0.39 is 11.9 Å². The molecule has 0 aliphatic rings. The van der Waals surface area contributed by atoms with Gasteiger partial charge < -0.3 is 0 Å². The van der Waals surface area contributed by atoms with Gasteiger partial charge in [-0.25, -0.2) is 9.82 Å². The summed E-state index contributed by atoms with van der Waals surface area (Å²) in [6, 6.07) is 4.08. The first-order chi connectivity index (χ1) is 8.52. The highest BCUT2D eigenvalue weighted by atomic mass is 35.5. The lowest BCUT2D eigenvalue weighted by Gasteiger charge is -2.16. The van der Waals surface area contributed by atoms with Gasteiger partial charge in [-0.1, -0.05) is 17.7 Å². The molecular weight excluding hydrogens is 255 g/mol. The number of hydrogen-bond acceptors (Lipinski definition) is 3. The average Bonchev–Trinajstić information content (AvgIpc) is 2.62. The molecule has 0 bridgehead atoms. The van der Waals surface area contributed by atoms with E-state index in [1.165, 1.54) is 6.07 Å². The lowest BCUT2D eigenvalue weighted by molar-refractivity contribution is 0.559. The fourth-order valence-corrected chi connectivity index (χ4v) is 2.14. The standard InChI is InChI=1S/C12H14ClFN4/c1-7-10(6-18(2)17-7)12(16-15)9-4-3-8(13)5-11(9)14/h3-6,12,16H,15H2,1-2H3. The molecule has 0 aliphatic heterocycles. The van der Waals surface area contributed by atoms with Crippen molar-refractivity contribution in [1.29, 1.82) is 0 Å². The number of hydrazine groups is 1. The largest absolute Gasteiger partial charge is 0.275 e. The average molecular weight is 269 g/mol. The quantitative estimate of drug-likeness (QED) is 0.662. The number of hydrogen-bond donors (Lipinski definition) is 2. The van der Waals surface area contributed by atoms with Crippen LogP contribution in [-0.2, 0) is 7.05 Å². The minimum atomic E-state index is -0.448. The van der Waals surface area contributed by atoms with Crippen molar-refractivity contribution < 1.29 is 4.39 Å². The number of nitrogens with two attached hydrogens (primary N) is 1. The molecule has 0 amide bonds.